The summed E-state index contributed by atoms with van der Waals surface area (Å²) in [4.78, 5) is 4.57. The van der Waals surface area contributed by atoms with Crippen LogP contribution in [0.4, 0.5) is 0 Å². The van der Waals surface area contributed by atoms with E-state index in [0.29, 0.717) is 12.0 Å². The second-order valence-corrected chi connectivity index (χ2v) is 5.28. The summed E-state index contributed by atoms with van der Waals surface area (Å²) in [7, 11) is 2.01. The van der Waals surface area contributed by atoms with Crippen molar-refractivity contribution in [2.24, 2.45) is 0 Å². The van der Waals surface area contributed by atoms with Gasteiger partial charge in [0.25, 0.3) is 0 Å². The van der Waals surface area contributed by atoms with E-state index in [4.69, 9.17) is 9.26 Å². The Hall–Kier alpha value is -0.940. The summed E-state index contributed by atoms with van der Waals surface area (Å²) in [6, 6.07) is 0.469. The Balaban J connectivity index is 1.74. The molecule has 0 bridgehead atoms. The van der Waals surface area contributed by atoms with Gasteiger partial charge < -0.3 is 14.6 Å². The molecule has 0 aromatic carbocycles. The van der Waals surface area contributed by atoms with Gasteiger partial charge in [0.1, 0.15) is 6.10 Å². The smallest absolute Gasteiger partial charge is 0.231 e. The zero-order valence-corrected chi connectivity index (χ0v) is 10.9. The highest BCUT2D eigenvalue weighted by atomic mass is 16.5. The van der Waals surface area contributed by atoms with Crippen LogP contribution >= 0.6 is 0 Å². The van der Waals surface area contributed by atoms with E-state index in [9.17, 15) is 0 Å². The molecular formula is C13H21N3O2. The second kappa shape index (κ2) is 5.36. The topological polar surface area (TPSA) is 60.2 Å². The number of ether oxygens (including phenoxy) is 1. The van der Waals surface area contributed by atoms with Crippen molar-refractivity contribution in [3.8, 4) is 0 Å². The average Bonchev–Trinajstić information content (AvgIpc) is 3.09. The Morgan fingerprint density at radius 1 is 1.17 bits per heavy atom. The Labute approximate surface area is 107 Å². The minimum absolute atomic E-state index is 0.0547. The van der Waals surface area contributed by atoms with Crippen LogP contribution in [0.25, 0.3) is 0 Å². The molecule has 5 heteroatoms. The van der Waals surface area contributed by atoms with Crippen LogP contribution in [0.5, 0.6) is 0 Å². The van der Waals surface area contributed by atoms with Crippen LogP contribution in [-0.4, -0.2) is 29.8 Å². The summed E-state index contributed by atoms with van der Waals surface area (Å²) >= 11 is 0. The van der Waals surface area contributed by atoms with E-state index < -0.39 is 0 Å². The molecule has 0 spiro atoms. The number of aromatic nitrogens is 2. The van der Waals surface area contributed by atoms with Gasteiger partial charge in [0.2, 0.25) is 11.7 Å². The molecule has 1 saturated carbocycles. The first-order chi connectivity index (χ1) is 8.88. The molecule has 2 heterocycles. The van der Waals surface area contributed by atoms with Crippen molar-refractivity contribution < 1.29 is 9.26 Å². The molecular weight excluding hydrogens is 230 g/mol. The molecule has 2 aliphatic rings. The third-order valence-corrected chi connectivity index (χ3v) is 4.13. The van der Waals surface area contributed by atoms with Gasteiger partial charge >= 0.3 is 0 Å². The summed E-state index contributed by atoms with van der Waals surface area (Å²) in [5.41, 5.74) is 0. The molecule has 1 aromatic heterocycles. The molecule has 1 aliphatic heterocycles. The van der Waals surface area contributed by atoms with E-state index in [1.807, 2.05) is 7.05 Å². The maximum atomic E-state index is 5.59. The Morgan fingerprint density at radius 3 is 2.83 bits per heavy atom. The molecule has 2 fully saturated rings. The van der Waals surface area contributed by atoms with Gasteiger partial charge in [0.15, 0.2) is 0 Å². The maximum Gasteiger partial charge on any atom is 0.231 e. The third-order valence-electron chi connectivity index (χ3n) is 4.13. The highest BCUT2D eigenvalue weighted by molar-refractivity contribution is 5.03. The van der Waals surface area contributed by atoms with Gasteiger partial charge in [-0.2, -0.15) is 4.98 Å². The molecule has 1 aliphatic carbocycles. The lowest BCUT2D eigenvalue weighted by Gasteiger charge is -2.28. The van der Waals surface area contributed by atoms with Crippen molar-refractivity contribution in [3.05, 3.63) is 11.7 Å². The molecule has 100 valence electrons. The first-order valence-corrected chi connectivity index (χ1v) is 7.01. The minimum Gasteiger partial charge on any atom is -0.370 e. The van der Waals surface area contributed by atoms with Gasteiger partial charge in [-0.1, -0.05) is 18.0 Å². The summed E-state index contributed by atoms with van der Waals surface area (Å²) < 4.78 is 11.1. The molecule has 3 rings (SSSR count). The van der Waals surface area contributed by atoms with Gasteiger partial charge in [0.05, 0.1) is 5.92 Å². The van der Waals surface area contributed by atoms with E-state index in [2.05, 4.69) is 15.5 Å². The van der Waals surface area contributed by atoms with E-state index in [1.165, 1.54) is 19.3 Å². The van der Waals surface area contributed by atoms with Gasteiger partial charge in [0, 0.05) is 12.6 Å². The van der Waals surface area contributed by atoms with E-state index in [-0.39, 0.29) is 6.10 Å². The quantitative estimate of drug-likeness (QED) is 0.892. The number of nitrogens with zero attached hydrogens (tertiary/aromatic N) is 2. The Morgan fingerprint density at radius 2 is 2.06 bits per heavy atom. The van der Waals surface area contributed by atoms with Gasteiger partial charge in [-0.15, -0.1) is 0 Å². The molecule has 0 amide bonds. The zero-order chi connectivity index (χ0) is 12.4. The van der Waals surface area contributed by atoms with Crippen LogP contribution in [0, 0.1) is 0 Å². The Kier molecular flexibility index (Phi) is 3.61. The molecule has 1 saturated heterocycles. The highest BCUT2D eigenvalue weighted by Crippen LogP contribution is 2.33. The number of hydrogen-bond donors (Lipinski definition) is 1. The Bertz CT molecular complexity index is 387. The molecule has 18 heavy (non-hydrogen) atoms. The fourth-order valence-corrected chi connectivity index (χ4v) is 3.08. The first kappa shape index (κ1) is 12.1. The monoisotopic (exact) mass is 251 g/mol. The van der Waals surface area contributed by atoms with Gasteiger partial charge in [-0.3, -0.25) is 0 Å². The van der Waals surface area contributed by atoms with Crippen molar-refractivity contribution in [1.29, 1.82) is 0 Å². The largest absolute Gasteiger partial charge is 0.370 e. The van der Waals surface area contributed by atoms with E-state index in [1.54, 1.807) is 0 Å². The van der Waals surface area contributed by atoms with Crippen molar-refractivity contribution in [1.82, 2.24) is 15.5 Å². The van der Waals surface area contributed by atoms with Gasteiger partial charge in [-0.25, -0.2) is 0 Å². The molecule has 3 unspecified atom stereocenters. The van der Waals surface area contributed by atoms with Crippen LogP contribution in [0.15, 0.2) is 4.52 Å². The normalized spacial score (nSPS) is 32.8. The number of rotatable bonds is 3. The standard InChI is InChI=1S/C13H21N3O2/c1-14-10-6-3-2-5-9(10)13-15-12(16-18-13)11-7-4-8-17-11/h9-11,14H,2-8H2,1H3. The average molecular weight is 251 g/mol. The van der Waals surface area contributed by atoms with Crippen molar-refractivity contribution >= 4 is 0 Å². The molecule has 1 N–H and O–H groups in total. The van der Waals surface area contributed by atoms with Crippen molar-refractivity contribution in [2.45, 2.75) is 56.6 Å². The fraction of sp³-hybridized carbons (Fsp3) is 0.846. The summed E-state index contributed by atoms with van der Waals surface area (Å²) in [6.07, 6.45) is 7.03. The third kappa shape index (κ3) is 2.29. The number of nitrogens with one attached hydrogen (secondary N) is 1. The number of likely N-dealkylation sites (N-methyl/N-ethyl adjacent to an activating group) is 1. The lowest BCUT2D eigenvalue weighted by molar-refractivity contribution is 0.103. The number of hydrogen-bond acceptors (Lipinski definition) is 5. The lowest BCUT2D eigenvalue weighted by atomic mass is 9.84. The predicted octanol–water partition coefficient (Wildman–Crippen LogP) is 2.17. The van der Waals surface area contributed by atoms with Gasteiger partial charge in [-0.05, 0) is 32.7 Å². The summed E-state index contributed by atoms with van der Waals surface area (Å²) in [6.45, 7) is 0.817. The van der Waals surface area contributed by atoms with Crippen LogP contribution in [0.1, 0.15) is 62.3 Å². The molecule has 0 radical (unpaired) electrons. The molecule has 1 aromatic rings. The minimum atomic E-state index is 0.0547. The van der Waals surface area contributed by atoms with Crippen LogP contribution < -0.4 is 5.32 Å². The lowest BCUT2D eigenvalue weighted by Crippen LogP contribution is -2.34. The second-order valence-electron chi connectivity index (χ2n) is 5.28. The van der Waals surface area contributed by atoms with E-state index >= 15 is 0 Å². The first-order valence-electron chi connectivity index (χ1n) is 7.01. The SMILES string of the molecule is CNC1CCCCC1c1nc(C2CCCO2)no1. The zero-order valence-electron chi connectivity index (χ0n) is 10.9. The van der Waals surface area contributed by atoms with Crippen LogP contribution in [0.3, 0.4) is 0 Å². The van der Waals surface area contributed by atoms with Crippen LogP contribution in [0.2, 0.25) is 0 Å². The fourth-order valence-electron chi connectivity index (χ4n) is 3.08. The predicted molar refractivity (Wildman–Crippen MR) is 66.3 cm³/mol. The summed E-state index contributed by atoms with van der Waals surface area (Å²) in [5.74, 6) is 1.90. The van der Waals surface area contributed by atoms with Crippen molar-refractivity contribution in [3.63, 3.8) is 0 Å². The highest BCUT2D eigenvalue weighted by Gasteiger charge is 2.31. The summed E-state index contributed by atoms with van der Waals surface area (Å²) in [5, 5.41) is 7.48. The van der Waals surface area contributed by atoms with E-state index in [0.717, 1.165) is 37.6 Å². The van der Waals surface area contributed by atoms with Crippen molar-refractivity contribution in [2.75, 3.05) is 13.7 Å². The van der Waals surface area contributed by atoms with Crippen LogP contribution in [-0.2, 0) is 4.74 Å². The molecule has 5 nitrogen and oxygen atoms in total. The maximum absolute atomic E-state index is 5.59. The molecule has 3 atom stereocenters.